The van der Waals surface area contributed by atoms with Crippen LogP contribution in [0.25, 0.3) is 0 Å². The maximum Gasteiger partial charge on any atom is 0.321 e. The van der Waals surface area contributed by atoms with Gasteiger partial charge in [0.15, 0.2) is 0 Å². The summed E-state index contributed by atoms with van der Waals surface area (Å²) >= 11 is 0. The SMILES string of the molecule is CCC(C)N(CC(=O)O)CC(=O)NC(=O)NCCC(C)C. The van der Waals surface area contributed by atoms with E-state index >= 15 is 0 Å². The second kappa shape index (κ2) is 10.1. The average molecular weight is 301 g/mol. The van der Waals surface area contributed by atoms with Gasteiger partial charge in [0.1, 0.15) is 0 Å². The number of carbonyl (C=O) groups excluding carboxylic acids is 2. The number of hydrogen-bond acceptors (Lipinski definition) is 4. The fourth-order valence-corrected chi connectivity index (χ4v) is 1.67. The molecule has 0 aromatic heterocycles. The van der Waals surface area contributed by atoms with Gasteiger partial charge in [-0.05, 0) is 25.7 Å². The van der Waals surface area contributed by atoms with E-state index in [2.05, 4.69) is 10.6 Å². The molecule has 0 aromatic carbocycles. The van der Waals surface area contributed by atoms with Gasteiger partial charge in [0, 0.05) is 12.6 Å². The Kier molecular flexibility index (Phi) is 9.36. The first-order valence-corrected chi connectivity index (χ1v) is 7.29. The van der Waals surface area contributed by atoms with E-state index in [1.54, 1.807) is 0 Å². The van der Waals surface area contributed by atoms with Crippen molar-refractivity contribution in [3.63, 3.8) is 0 Å². The normalized spacial score (nSPS) is 12.3. The lowest BCUT2D eigenvalue weighted by molar-refractivity contribution is -0.139. The van der Waals surface area contributed by atoms with Crippen molar-refractivity contribution >= 4 is 17.9 Å². The van der Waals surface area contributed by atoms with Crippen LogP contribution in [0, 0.1) is 5.92 Å². The summed E-state index contributed by atoms with van der Waals surface area (Å²) < 4.78 is 0. The van der Waals surface area contributed by atoms with Crippen LogP contribution in [0.5, 0.6) is 0 Å². The number of carbonyl (C=O) groups is 3. The zero-order valence-electron chi connectivity index (χ0n) is 13.3. The molecule has 0 saturated carbocycles. The summed E-state index contributed by atoms with van der Waals surface area (Å²) in [6.45, 7) is 8.01. The molecular formula is C14H27N3O4. The van der Waals surface area contributed by atoms with Gasteiger partial charge in [-0.15, -0.1) is 0 Å². The molecule has 0 aliphatic rings. The Balaban J connectivity index is 4.24. The van der Waals surface area contributed by atoms with Gasteiger partial charge in [-0.1, -0.05) is 20.8 Å². The van der Waals surface area contributed by atoms with Crippen molar-refractivity contribution in [1.29, 1.82) is 0 Å². The molecule has 0 fully saturated rings. The van der Waals surface area contributed by atoms with Crippen LogP contribution in [0.15, 0.2) is 0 Å². The number of nitrogens with zero attached hydrogens (tertiary/aromatic N) is 1. The summed E-state index contributed by atoms with van der Waals surface area (Å²) in [6, 6.07) is -0.587. The van der Waals surface area contributed by atoms with Crippen LogP contribution in [0.4, 0.5) is 4.79 Å². The maximum atomic E-state index is 11.8. The highest BCUT2D eigenvalue weighted by atomic mass is 16.4. The number of carboxylic acid groups (broad SMARTS) is 1. The van der Waals surface area contributed by atoms with E-state index < -0.39 is 17.9 Å². The smallest absolute Gasteiger partial charge is 0.321 e. The third kappa shape index (κ3) is 9.84. The molecule has 0 aromatic rings. The molecule has 0 rings (SSSR count). The quantitative estimate of drug-likeness (QED) is 0.591. The minimum Gasteiger partial charge on any atom is -0.480 e. The second-order valence-corrected chi connectivity index (χ2v) is 5.54. The molecule has 7 heteroatoms. The molecule has 0 aliphatic heterocycles. The molecule has 122 valence electrons. The van der Waals surface area contributed by atoms with Crippen molar-refractivity contribution in [2.45, 2.75) is 46.6 Å². The van der Waals surface area contributed by atoms with Crippen molar-refractivity contribution in [2.24, 2.45) is 5.92 Å². The van der Waals surface area contributed by atoms with E-state index in [0.717, 1.165) is 12.8 Å². The lowest BCUT2D eigenvalue weighted by Gasteiger charge is -2.25. The van der Waals surface area contributed by atoms with Crippen LogP contribution in [0.3, 0.4) is 0 Å². The van der Waals surface area contributed by atoms with E-state index in [1.807, 2.05) is 27.7 Å². The molecule has 0 bridgehead atoms. The molecule has 3 N–H and O–H groups in total. The number of hydrogen-bond donors (Lipinski definition) is 3. The Bertz CT molecular complexity index is 358. The highest BCUT2D eigenvalue weighted by Gasteiger charge is 2.19. The highest BCUT2D eigenvalue weighted by molar-refractivity contribution is 5.95. The summed E-state index contributed by atoms with van der Waals surface area (Å²) in [4.78, 5) is 35.6. The first-order valence-electron chi connectivity index (χ1n) is 7.29. The van der Waals surface area contributed by atoms with Crippen molar-refractivity contribution in [1.82, 2.24) is 15.5 Å². The van der Waals surface area contributed by atoms with Crippen LogP contribution >= 0.6 is 0 Å². The maximum absolute atomic E-state index is 11.8. The van der Waals surface area contributed by atoms with Gasteiger partial charge in [0.2, 0.25) is 5.91 Å². The van der Waals surface area contributed by atoms with Crippen LogP contribution in [0.2, 0.25) is 0 Å². The largest absolute Gasteiger partial charge is 0.480 e. The van der Waals surface area contributed by atoms with Crippen LogP contribution in [-0.2, 0) is 9.59 Å². The summed E-state index contributed by atoms with van der Waals surface area (Å²) in [7, 11) is 0. The first kappa shape index (κ1) is 19.4. The number of rotatable bonds is 9. The Morgan fingerprint density at radius 2 is 1.76 bits per heavy atom. The third-order valence-electron chi connectivity index (χ3n) is 3.16. The first-order chi connectivity index (χ1) is 9.76. The van der Waals surface area contributed by atoms with Crippen LogP contribution < -0.4 is 10.6 Å². The van der Waals surface area contributed by atoms with Crippen molar-refractivity contribution in [3.05, 3.63) is 0 Å². The molecule has 21 heavy (non-hydrogen) atoms. The number of aliphatic carboxylic acids is 1. The molecule has 0 radical (unpaired) electrons. The van der Waals surface area contributed by atoms with Gasteiger partial charge < -0.3 is 10.4 Å². The van der Waals surface area contributed by atoms with Gasteiger partial charge in [-0.25, -0.2) is 4.79 Å². The van der Waals surface area contributed by atoms with E-state index in [0.29, 0.717) is 12.5 Å². The second-order valence-electron chi connectivity index (χ2n) is 5.54. The Morgan fingerprint density at radius 3 is 2.24 bits per heavy atom. The molecule has 1 unspecified atom stereocenters. The fraction of sp³-hybridized carbons (Fsp3) is 0.786. The van der Waals surface area contributed by atoms with E-state index in [9.17, 15) is 14.4 Å². The molecule has 0 heterocycles. The molecule has 3 amide bonds. The molecule has 7 nitrogen and oxygen atoms in total. The van der Waals surface area contributed by atoms with E-state index in [-0.39, 0.29) is 19.1 Å². The number of nitrogens with one attached hydrogen (secondary N) is 2. The Morgan fingerprint density at radius 1 is 1.14 bits per heavy atom. The molecule has 1 atom stereocenters. The summed E-state index contributed by atoms with van der Waals surface area (Å²) in [5.41, 5.74) is 0. The van der Waals surface area contributed by atoms with Gasteiger partial charge in [0.25, 0.3) is 0 Å². The van der Waals surface area contributed by atoms with Gasteiger partial charge in [-0.3, -0.25) is 19.8 Å². The van der Waals surface area contributed by atoms with Crippen molar-refractivity contribution < 1.29 is 19.5 Å². The summed E-state index contributed by atoms with van der Waals surface area (Å²) in [6.07, 6.45) is 1.56. The number of amides is 3. The predicted octanol–water partition coefficient (Wildman–Crippen LogP) is 1.04. The molecule has 0 spiro atoms. The average Bonchev–Trinajstić information content (AvgIpc) is 2.35. The van der Waals surface area contributed by atoms with E-state index in [4.69, 9.17) is 5.11 Å². The topological polar surface area (TPSA) is 98.7 Å². The highest BCUT2D eigenvalue weighted by Crippen LogP contribution is 2.02. The minimum absolute atomic E-state index is 0.0455. The van der Waals surface area contributed by atoms with Crippen molar-refractivity contribution in [2.75, 3.05) is 19.6 Å². The van der Waals surface area contributed by atoms with Gasteiger partial charge >= 0.3 is 12.0 Å². The number of imide groups is 1. The minimum atomic E-state index is -0.996. The molecule has 0 saturated heterocycles. The van der Waals surface area contributed by atoms with Gasteiger partial charge in [-0.2, -0.15) is 0 Å². The number of urea groups is 1. The standard InChI is InChI=1S/C14H27N3O4/c1-5-11(4)17(9-13(19)20)8-12(18)16-14(21)15-7-6-10(2)3/h10-11H,5-9H2,1-4H3,(H,19,20)(H2,15,16,18,21). The van der Waals surface area contributed by atoms with Gasteiger partial charge in [0.05, 0.1) is 13.1 Å². The third-order valence-corrected chi connectivity index (χ3v) is 3.16. The molecule has 0 aliphatic carbocycles. The summed E-state index contributed by atoms with van der Waals surface area (Å²) in [5.74, 6) is -1.03. The van der Waals surface area contributed by atoms with Crippen LogP contribution in [-0.4, -0.2) is 53.6 Å². The predicted molar refractivity (Wildman–Crippen MR) is 80.0 cm³/mol. The van der Waals surface area contributed by atoms with Crippen LogP contribution in [0.1, 0.15) is 40.5 Å². The Hall–Kier alpha value is -1.63. The van der Waals surface area contributed by atoms with E-state index in [1.165, 1.54) is 4.90 Å². The van der Waals surface area contributed by atoms with Crippen molar-refractivity contribution in [3.8, 4) is 0 Å². The lowest BCUT2D eigenvalue weighted by Crippen LogP contribution is -2.48. The Labute approximate surface area is 126 Å². The summed E-state index contributed by atoms with van der Waals surface area (Å²) in [5, 5.41) is 13.6. The monoisotopic (exact) mass is 301 g/mol. The zero-order valence-corrected chi connectivity index (χ0v) is 13.3. The molecular weight excluding hydrogens is 274 g/mol. The fourth-order valence-electron chi connectivity index (χ4n) is 1.67. The number of carboxylic acids is 1. The lowest BCUT2D eigenvalue weighted by atomic mass is 10.1. The zero-order chi connectivity index (χ0) is 16.4.